The maximum atomic E-state index is 13.1. The van der Waals surface area contributed by atoms with Crippen LogP contribution in [0.2, 0.25) is 0 Å². The Morgan fingerprint density at radius 1 is 0.981 bits per heavy atom. The summed E-state index contributed by atoms with van der Waals surface area (Å²) < 4.78 is 12.8. The first kappa shape index (κ1) is 35.1. The molecule has 2 fully saturated rings. The molecule has 7 heteroatoms. The van der Waals surface area contributed by atoms with Crippen molar-refractivity contribution in [1.29, 1.82) is 0 Å². The molecular formula is C45H49BrN2O4. The van der Waals surface area contributed by atoms with Crippen LogP contribution >= 0.6 is 15.9 Å². The zero-order valence-electron chi connectivity index (χ0n) is 31.4. The number of benzene rings is 3. The molecule has 0 radical (unpaired) electrons. The molecule has 0 unspecified atom stereocenters. The van der Waals surface area contributed by atoms with Crippen molar-refractivity contribution >= 4 is 50.6 Å². The lowest BCUT2D eigenvalue weighted by atomic mass is 9.33. The van der Waals surface area contributed by atoms with Crippen molar-refractivity contribution in [3.8, 4) is 11.5 Å². The van der Waals surface area contributed by atoms with E-state index in [0.717, 1.165) is 64.4 Å². The standard InChI is InChI=1S/C45H49BrN2O4/c1-27-32-16-18-43(4)34(17-19-44(5)36-25-42(3,40(50)51-7)21-20-41(36,2)22-23-45(43,44)6)33(32)24-35-37(27)52-39(48-35)30-12-10-29(11-13-30)38(49)47-26-28-8-14-31(46)15-9-28/h8-18,24,36H,19-23,25-26H2,1-7H3,(H,47,49)/t36-,41+,42+,43+,44-,45+/m0/s1. The minimum absolute atomic E-state index is 0.0119. The van der Waals surface area contributed by atoms with Gasteiger partial charge in [-0.25, -0.2) is 4.98 Å². The lowest BCUT2D eigenvalue weighted by Gasteiger charge is -2.70. The maximum absolute atomic E-state index is 13.1. The lowest BCUT2D eigenvalue weighted by Crippen LogP contribution is -2.63. The molecule has 8 rings (SSSR count). The summed E-state index contributed by atoms with van der Waals surface area (Å²) >= 11 is 3.45. The summed E-state index contributed by atoms with van der Waals surface area (Å²) in [6.07, 6.45) is 13.4. The van der Waals surface area contributed by atoms with Crippen molar-refractivity contribution in [1.82, 2.24) is 10.3 Å². The summed E-state index contributed by atoms with van der Waals surface area (Å²) in [4.78, 5) is 31.0. The fourth-order valence-corrected chi connectivity index (χ4v) is 11.1. The maximum Gasteiger partial charge on any atom is 0.311 e. The number of aryl methyl sites for hydroxylation is 1. The van der Waals surface area contributed by atoms with Crippen LogP contribution in [0.15, 0.2) is 75.6 Å². The Kier molecular flexibility index (Phi) is 8.11. The second kappa shape index (κ2) is 12.0. The molecule has 6 nitrogen and oxygen atoms in total. The van der Waals surface area contributed by atoms with Gasteiger partial charge in [0, 0.05) is 33.1 Å². The van der Waals surface area contributed by atoms with E-state index in [1.54, 1.807) is 0 Å². The Bertz CT molecular complexity index is 2180. The monoisotopic (exact) mass is 760 g/mol. The number of aromatic nitrogens is 1. The van der Waals surface area contributed by atoms with Gasteiger partial charge in [-0.2, -0.15) is 0 Å². The smallest absolute Gasteiger partial charge is 0.311 e. The van der Waals surface area contributed by atoms with Gasteiger partial charge in [-0.1, -0.05) is 74.0 Å². The van der Waals surface area contributed by atoms with E-state index in [-0.39, 0.29) is 33.5 Å². The normalized spacial score (nSPS) is 31.8. The third kappa shape index (κ3) is 5.04. The molecule has 4 aliphatic carbocycles. The number of carbonyl (C=O) groups is 2. The Hall–Kier alpha value is -3.97. The number of nitrogens with one attached hydrogen (secondary N) is 1. The van der Waals surface area contributed by atoms with Gasteiger partial charge < -0.3 is 14.5 Å². The predicted molar refractivity (Wildman–Crippen MR) is 210 cm³/mol. The van der Waals surface area contributed by atoms with Crippen LogP contribution in [-0.4, -0.2) is 24.0 Å². The van der Waals surface area contributed by atoms with Gasteiger partial charge in [-0.15, -0.1) is 0 Å². The number of methoxy groups -OCH3 is 1. The van der Waals surface area contributed by atoms with Gasteiger partial charge in [-0.05, 0) is 139 Å². The first-order chi connectivity index (χ1) is 24.6. The van der Waals surface area contributed by atoms with Crippen molar-refractivity contribution in [3.05, 3.63) is 99.0 Å². The highest BCUT2D eigenvalue weighted by atomic mass is 79.9. The second-order valence-electron chi connectivity index (χ2n) is 17.3. The minimum Gasteiger partial charge on any atom is -0.469 e. The van der Waals surface area contributed by atoms with Crippen LogP contribution in [0.4, 0.5) is 0 Å². The molecule has 2 saturated carbocycles. The van der Waals surface area contributed by atoms with Gasteiger partial charge >= 0.3 is 5.97 Å². The molecule has 1 amide bonds. The van der Waals surface area contributed by atoms with Gasteiger partial charge in [0.1, 0.15) is 5.52 Å². The topological polar surface area (TPSA) is 81.4 Å². The Morgan fingerprint density at radius 2 is 1.69 bits per heavy atom. The van der Waals surface area contributed by atoms with Gasteiger partial charge in [-0.3, -0.25) is 9.59 Å². The Balaban J connectivity index is 1.10. The number of rotatable bonds is 5. The zero-order valence-corrected chi connectivity index (χ0v) is 33.0. The van der Waals surface area contributed by atoms with Crippen LogP contribution in [0.5, 0.6) is 0 Å². The van der Waals surface area contributed by atoms with E-state index in [4.69, 9.17) is 14.1 Å². The van der Waals surface area contributed by atoms with Gasteiger partial charge in [0.2, 0.25) is 5.89 Å². The third-order valence-electron chi connectivity index (χ3n) is 14.7. The molecular weight excluding hydrogens is 712 g/mol. The van der Waals surface area contributed by atoms with Crippen molar-refractivity contribution in [2.45, 2.75) is 86.6 Å². The number of carbonyl (C=O) groups excluding carboxylic acids is 2. The molecule has 0 aliphatic heterocycles. The molecule has 3 aromatic carbocycles. The highest BCUT2D eigenvalue weighted by Gasteiger charge is 2.68. The molecule has 6 atom stereocenters. The zero-order chi connectivity index (χ0) is 36.8. The van der Waals surface area contributed by atoms with Crippen LogP contribution in [0.1, 0.15) is 106 Å². The second-order valence-corrected chi connectivity index (χ2v) is 18.2. The van der Waals surface area contributed by atoms with Gasteiger partial charge in [0.25, 0.3) is 5.91 Å². The number of esters is 1. The Labute approximate surface area is 315 Å². The van der Waals surface area contributed by atoms with E-state index in [2.05, 4.69) is 87.1 Å². The molecule has 0 bridgehead atoms. The van der Waals surface area contributed by atoms with E-state index in [0.29, 0.717) is 23.9 Å². The number of amides is 1. The summed E-state index contributed by atoms with van der Waals surface area (Å²) in [6.45, 7) is 14.7. The number of allylic oxidation sites excluding steroid dienone is 3. The van der Waals surface area contributed by atoms with Crippen LogP contribution in [0.25, 0.3) is 34.2 Å². The number of nitrogens with zero attached hydrogens (tertiary/aromatic N) is 1. The highest BCUT2D eigenvalue weighted by molar-refractivity contribution is 9.10. The first-order valence-electron chi connectivity index (χ1n) is 18.7. The van der Waals surface area contributed by atoms with Crippen molar-refractivity contribution < 1.29 is 18.7 Å². The quantitative estimate of drug-likeness (QED) is 0.205. The highest BCUT2D eigenvalue weighted by Crippen LogP contribution is 2.76. The summed E-state index contributed by atoms with van der Waals surface area (Å²) in [5.41, 5.74) is 8.58. The van der Waals surface area contributed by atoms with Crippen molar-refractivity contribution in [3.63, 3.8) is 0 Å². The summed E-state index contributed by atoms with van der Waals surface area (Å²) in [5.74, 6) is 0.770. The molecule has 4 aliphatic rings. The number of oxazole rings is 1. The number of ether oxygens (including phenoxy) is 1. The third-order valence-corrected chi connectivity index (χ3v) is 15.2. The number of fused-ring (bicyclic) bond motifs is 8. The molecule has 270 valence electrons. The lowest BCUT2D eigenvalue weighted by molar-refractivity contribution is -0.190. The van der Waals surface area contributed by atoms with E-state index in [9.17, 15) is 9.59 Å². The van der Waals surface area contributed by atoms with Crippen LogP contribution in [0.3, 0.4) is 0 Å². The predicted octanol–water partition coefficient (Wildman–Crippen LogP) is 11.1. The van der Waals surface area contributed by atoms with Crippen molar-refractivity contribution in [2.75, 3.05) is 7.11 Å². The summed E-state index contributed by atoms with van der Waals surface area (Å²) in [7, 11) is 1.54. The first-order valence-corrected chi connectivity index (χ1v) is 19.5. The number of hydrogen-bond acceptors (Lipinski definition) is 5. The van der Waals surface area contributed by atoms with E-state index < -0.39 is 5.41 Å². The average Bonchev–Trinajstić information content (AvgIpc) is 3.57. The molecule has 1 aromatic heterocycles. The Morgan fingerprint density at radius 3 is 2.40 bits per heavy atom. The van der Waals surface area contributed by atoms with Gasteiger partial charge in [0.15, 0.2) is 5.58 Å². The minimum atomic E-state index is -0.444. The van der Waals surface area contributed by atoms with Crippen LogP contribution < -0.4 is 5.32 Å². The van der Waals surface area contributed by atoms with E-state index in [1.807, 2.05) is 48.5 Å². The largest absolute Gasteiger partial charge is 0.469 e. The molecule has 1 N–H and O–H groups in total. The fourth-order valence-electron chi connectivity index (χ4n) is 10.9. The average molecular weight is 762 g/mol. The number of halogens is 1. The fraction of sp³-hybridized carbons (Fsp3) is 0.444. The van der Waals surface area contributed by atoms with Crippen molar-refractivity contribution in [2.24, 2.45) is 33.0 Å². The SMILES string of the molecule is COC(=O)[C@]1(C)CC[C@]2(C)CC[C@@]3(C)[C@@](C)(CC=C4c5cc6nc(-c7ccc(C(=O)NCc8ccc(Br)cc8)cc7)oc6c(C)c5C=C[C@]43C)[C@H]2C1. The molecule has 0 spiro atoms. The van der Waals surface area contributed by atoms with Gasteiger partial charge in [0.05, 0.1) is 12.5 Å². The summed E-state index contributed by atoms with van der Waals surface area (Å²) in [5, 5.41) is 3.00. The molecule has 1 heterocycles. The van der Waals surface area contributed by atoms with E-state index in [1.165, 1.54) is 30.2 Å². The number of hydrogen-bond donors (Lipinski definition) is 1. The van der Waals surface area contributed by atoms with Crippen LogP contribution in [-0.2, 0) is 16.1 Å². The molecule has 52 heavy (non-hydrogen) atoms. The molecule has 0 saturated heterocycles. The molecule has 4 aromatic rings. The van der Waals surface area contributed by atoms with E-state index >= 15 is 0 Å². The van der Waals surface area contributed by atoms with Crippen LogP contribution in [0, 0.1) is 39.9 Å². The summed E-state index contributed by atoms with van der Waals surface area (Å²) in [6, 6.07) is 17.6.